The Morgan fingerprint density at radius 1 is 1.14 bits per heavy atom. The van der Waals surface area contributed by atoms with Crippen LogP contribution in [-0.4, -0.2) is 43.0 Å². The topological polar surface area (TPSA) is 67.8 Å². The van der Waals surface area contributed by atoms with Crippen molar-refractivity contribution in [3.63, 3.8) is 0 Å². The van der Waals surface area contributed by atoms with E-state index in [0.717, 1.165) is 22.3 Å². The van der Waals surface area contributed by atoms with E-state index in [4.69, 9.17) is 21.1 Å². The average Bonchev–Trinajstić information content (AvgIpc) is 2.87. The van der Waals surface area contributed by atoms with Crippen molar-refractivity contribution in [2.45, 2.75) is 51.9 Å². The van der Waals surface area contributed by atoms with Gasteiger partial charge in [0.15, 0.2) is 0 Å². The molecule has 198 valence electrons. The summed E-state index contributed by atoms with van der Waals surface area (Å²) < 4.78 is 25.1. The number of β-amino-alcohol motifs (C(OH)–C–C–N with tert-alkyl or cyclic N) is 1. The minimum absolute atomic E-state index is 0.133. The summed E-state index contributed by atoms with van der Waals surface area (Å²) in [5.41, 5.74) is 4.42. The Morgan fingerprint density at radius 3 is 2.54 bits per heavy atom. The van der Waals surface area contributed by atoms with Crippen LogP contribution in [0.4, 0.5) is 4.39 Å². The molecule has 0 aromatic heterocycles. The van der Waals surface area contributed by atoms with Crippen molar-refractivity contribution >= 4 is 17.6 Å². The summed E-state index contributed by atoms with van der Waals surface area (Å²) in [6.45, 7) is 8.17. The molecule has 0 heterocycles. The number of aliphatic hydroxyl groups excluding tert-OH is 1. The first-order valence-electron chi connectivity index (χ1n) is 12.3. The first-order chi connectivity index (χ1) is 17.5. The standard InChI is InChI=1S/C30H35ClFNO4/c1-19-14-21(11-13-25(19)29(35)36-5)27-9-7-6-8-26(27)20(2)37-18-24(34)17-33-30(3,4)16-22-10-12-23(31)15-28(22)32/h6-15,20,24,33-34H,16-18H2,1-5H3/t20-,24-/m1/s1. The number of esters is 1. The molecule has 37 heavy (non-hydrogen) atoms. The number of carbonyl (C=O) groups excluding carboxylic acids is 1. The SMILES string of the molecule is COC(=O)c1ccc(-c2ccccc2[C@@H](C)OC[C@H](O)CNC(C)(C)Cc2ccc(Cl)cc2F)cc1C. The van der Waals surface area contributed by atoms with Gasteiger partial charge in [-0.15, -0.1) is 0 Å². The lowest BCUT2D eigenvalue weighted by molar-refractivity contribution is -0.00398. The Labute approximate surface area is 223 Å². The number of ether oxygens (including phenoxy) is 2. The Hall–Kier alpha value is -2.77. The summed E-state index contributed by atoms with van der Waals surface area (Å²) in [6.07, 6.45) is -0.574. The summed E-state index contributed by atoms with van der Waals surface area (Å²) in [6, 6.07) is 18.2. The maximum absolute atomic E-state index is 14.2. The normalized spacial score (nSPS) is 13.3. The zero-order chi connectivity index (χ0) is 27.2. The molecule has 0 bridgehead atoms. The highest BCUT2D eigenvalue weighted by molar-refractivity contribution is 6.30. The summed E-state index contributed by atoms with van der Waals surface area (Å²) in [4.78, 5) is 11.9. The van der Waals surface area contributed by atoms with E-state index in [1.807, 2.05) is 64.1 Å². The van der Waals surface area contributed by atoms with Gasteiger partial charge in [0.1, 0.15) is 5.82 Å². The summed E-state index contributed by atoms with van der Waals surface area (Å²) in [5, 5.41) is 14.2. The number of nitrogens with one attached hydrogen (secondary N) is 1. The number of aryl methyl sites for hydroxylation is 1. The van der Waals surface area contributed by atoms with Crippen molar-refractivity contribution in [3.8, 4) is 11.1 Å². The summed E-state index contributed by atoms with van der Waals surface area (Å²) in [5.74, 6) is -0.702. The van der Waals surface area contributed by atoms with Crippen LogP contribution in [0, 0.1) is 12.7 Å². The largest absolute Gasteiger partial charge is 0.465 e. The lowest BCUT2D eigenvalue weighted by Gasteiger charge is -2.28. The van der Waals surface area contributed by atoms with Crippen LogP contribution < -0.4 is 5.32 Å². The molecule has 0 aliphatic rings. The van der Waals surface area contributed by atoms with Crippen molar-refractivity contribution in [1.82, 2.24) is 5.32 Å². The molecule has 3 aromatic rings. The fourth-order valence-electron chi connectivity index (χ4n) is 4.29. The number of hydrogen-bond acceptors (Lipinski definition) is 5. The van der Waals surface area contributed by atoms with Crippen LogP contribution in [0.2, 0.25) is 5.02 Å². The summed E-state index contributed by atoms with van der Waals surface area (Å²) in [7, 11) is 1.37. The van der Waals surface area contributed by atoms with E-state index in [2.05, 4.69) is 5.32 Å². The van der Waals surface area contributed by atoms with Gasteiger partial charge in [0.25, 0.3) is 0 Å². The molecule has 5 nitrogen and oxygen atoms in total. The number of methoxy groups -OCH3 is 1. The molecule has 2 atom stereocenters. The molecule has 0 unspecified atom stereocenters. The van der Waals surface area contributed by atoms with E-state index >= 15 is 0 Å². The van der Waals surface area contributed by atoms with Crippen molar-refractivity contribution in [1.29, 1.82) is 0 Å². The van der Waals surface area contributed by atoms with Crippen LogP contribution in [-0.2, 0) is 15.9 Å². The van der Waals surface area contributed by atoms with Crippen molar-refractivity contribution in [3.05, 3.63) is 93.8 Å². The minimum Gasteiger partial charge on any atom is -0.465 e. The predicted octanol–water partition coefficient (Wildman–Crippen LogP) is 6.29. The maximum atomic E-state index is 14.2. The first-order valence-corrected chi connectivity index (χ1v) is 12.7. The van der Waals surface area contributed by atoms with E-state index in [-0.39, 0.29) is 24.5 Å². The molecule has 3 rings (SSSR count). The number of hydrogen-bond donors (Lipinski definition) is 2. The number of halogens is 2. The predicted molar refractivity (Wildman–Crippen MR) is 146 cm³/mol. The molecule has 0 radical (unpaired) electrons. The van der Waals surface area contributed by atoms with Crippen LogP contribution in [0.3, 0.4) is 0 Å². The Kier molecular flexibility index (Phi) is 9.85. The third-order valence-electron chi connectivity index (χ3n) is 6.34. The van der Waals surface area contributed by atoms with Gasteiger partial charge in [0, 0.05) is 17.1 Å². The number of benzene rings is 3. The molecule has 2 N–H and O–H groups in total. The highest BCUT2D eigenvalue weighted by Crippen LogP contribution is 2.31. The van der Waals surface area contributed by atoms with E-state index < -0.39 is 11.6 Å². The van der Waals surface area contributed by atoms with Crippen LogP contribution in [0.25, 0.3) is 11.1 Å². The van der Waals surface area contributed by atoms with Crippen LogP contribution in [0.1, 0.15) is 53.9 Å². The fraction of sp³-hybridized carbons (Fsp3) is 0.367. The monoisotopic (exact) mass is 527 g/mol. The smallest absolute Gasteiger partial charge is 0.338 e. The zero-order valence-electron chi connectivity index (χ0n) is 22.0. The minimum atomic E-state index is -0.745. The van der Waals surface area contributed by atoms with Crippen molar-refractivity contribution < 1.29 is 23.8 Å². The maximum Gasteiger partial charge on any atom is 0.338 e. The molecule has 0 fully saturated rings. The van der Waals surface area contributed by atoms with Gasteiger partial charge < -0.3 is 19.9 Å². The molecule has 3 aromatic carbocycles. The molecule has 0 aliphatic heterocycles. The molecule has 0 amide bonds. The van der Waals surface area contributed by atoms with E-state index in [1.54, 1.807) is 18.2 Å². The van der Waals surface area contributed by atoms with Gasteiger partial charge in [0.05, 0.1) is 31.5 Å². The number of rotatable bonds is 11. The molecule has 0 saturated carbocycles. The molecule has 7 heteroatoms. The van der Waals surface area contributed by atoms with E-state index in [9.17, 15) is 14.3 Å². The van der Waals surface area contributed by atoms with Gasteiger partial charge >= 0.3 is 5.97 Å². The quantitative estimate of drug-likeness (QED) is 0.287. The molecular weight excluding hydrogens is 493 g/mol. The van der Waals surface area contributed by atoms with E-state index in [1.165, 1.54) is 13.2 Å². The Morgan fingerprint density at radius 2 is 1.86 bits per heavy atom. The fourth-order valence-corrected chi connectivity index (χ4v) is 4.45. The van der Waals surface area contributed by atoms with Gasteiger partial charge in [-0.05, 0) is 80.1 Å². The summed E-state index contributed by atoms with van der Waals surface area (Å²) >= 11 is 5.85. The number of carbonyl (C=O) groups is 1. The molecule has 0 aliphatic carbocycles. The molecule has 0 saturated heterocycles. The zero-order valence-corrected chi connectivity index (χ0v) is 22.7. The van der Waals surface area contributed by atoms with E-state index in [0.29, 0.717) is 29.1 Å². The second kappa shape index (κ2) is 12.7. The Balaban J connectivity index is 1.60. The third-order valence-corrected chi connectivity index (χ3v) is 6.58. The van der Waals surface area contributed by atoms with Crippen molar-refractivity contribution in [2.75, 3.05) is 20.3 Å². The van der Waals surface area contributed by atoms with Crippen LogP contribution in [0.5, 0.6) is 0 Å². The van der Waals surface area contributed by atoms with Gasteiger partial charge in [-0.25, -0.2) is 9.18 Å². The third kappa shape index (κ3) is 7.86. The highest BCUT2D eigenvalue weighted by atomic mass is 35.5. The second-order valence-corrected chi connectivity index (χ2v) is 10.4. The molecule has 0 spiro atoms. The Bertz CT molecular complexity index is 1230. The number of aliphatic hydroxyl groups is 1. The average molecular weight is 528 g/mol. The van der Waals surface area contributed by atoms with Crippen molar-refractivity contribution in [2.24, 2.45) is 0 Å². The lowest BCUT2D eigenvalue weighted by Crippen LogP contribution is -2.46. The van der Waals surface area contributed by atoms with Gasteiger partial charge in [-0.2, -0.15) is 0 Å². The first kappa shape index (κ1) is 28.8. The van der Waals surface area contributed by atoms with Crippen LogP contribution >= 0.6 is 11.6 Å². The second-order valence-electron chi connectivity index (χ2n) is 9.92. The van der Waals surface area contributed by atoms with Gasteiger partial charge in [0.2, 0.25) is 0 Å². The van der Waals surface area contributed by atoms with Crippen LogP contribution in [0.15, 0.2) is 60.7 Å². The highest BCUT2D eigenvalue weighted by Gasteiger charge is 2.22. The van der Waals surface area contributed by atoms with Gasteiger partial charge in [-0.1, -0.05) is 54.1 Å². The lowest BCUT2D eigenvalue weighted by atomic mass is 9.94. The van der Waals surface area contributed by atoms with Gasteiger partial charge in [-0.3, -0.25) is 0 Å². The molecular formula is C30H35ClFNO4.